The van der Waals surface area contributed by atoms with E-state index in [4.69, 9.17) is 4.42 Å². The molecular weight excluding hydrogens is 388 g/mol. The van der Waals surface area contributed by atoms with E-state index in [1.807, 2.05) is 48.5 Å². The lowest BCUT2D eigenvalue weighted by Crippen LogP contribution is -2.35. The Hall–Kier alpha value is -3.86. The molecule has 3 aromatic carbocycles. The van der Waals surface area contributed by atoms with E-state index in [-0.39, 0.29) is 11.8 Å². The van der Waals surface area contributed by atoms with Gasteiger partial charge in [-0.1, -0.05) is 42.5 Å². The fourth-order valence-corrected chi connectivity index (χ4v) is 4.24. The zero-order valence-corrected chi connectivity index (χ0v) is 17.0. The minimum absolute atomic E-state index is 0.0596. The Bertz CT molecular complexity index is 1260. The molecule has 0 radical (unpaired) electrons. The Morgan fingerprint density at radius 1 is 0.968 bits per heavy atom. The molecular formula is C26H22N2O3. The van der Waals surface area contributed by atoms with Gasteiger partial charge in [-0.2, -0.15) is 0 Å². The quantitative estimate of drug-likeness (QED) is 0.503. The smallest absolute Gasteiger partial charge is 0.293 e. The number of amides is 2. The van der Waals surface area contributed by atoms with Gasteiger partial charge in [0.25, 0.3) is 5.91 Å². The summed E-state index contributed by atoms with van der Waals surface area (Å²) in [6.45, 7) is 0.652. The van der Waals surface area contributed by atoms with Crippen LogP contribution in [0.15, 0.2) is 83.5 Å². The fraction of sp³-hybridized carbons (Fsp3) is 0.154. The van der Waals surface area contributed by atoms with Crippen LogP contribution in [0.3, 0.4) is 0 Å². The van der Waals surface area contributed by atoms with Crippen LogP contribution in [0, 0.1) is 0 Å². The molecule has 0 bridgehead atoms. The van der Waals surface area contributed by atoms with Crippen molar-refractivity contribution >= 4 is 34.0 Å². The second-order valence-corrected chi connectivity index (χ2v) is 7.74. The first kappa shape index (κ1) is 19.1. The van der Waals surface area contributed by atoms with Crippen LogP contribution in [0.4, 0.5) is 11.4 Å². The summed E-state index contributed by atoms with van der Waals surface area (Å²) in [6, 6.07) is 23.2. The lowest BCUT2D eigenvalue weighted by Gasteiger charge is -2.29. The Balaban J connectivity index is 1.34. The molecule has 1 N–H and O–H groups in total. The number of anilines is 2. The number of carbonyl (C=O) groups excluding carboxylic acids is 2. The molecule has 4 aromatic rings. The van der Waals surface area contributed by atoms with Crippen molar-refractivity contribution in [3.8, 4) is 0 Å². The average Bonchev–Trinajstić information content (AvgIpc) is 3.33. The van der Waals surface area contributed by atoms with Crippen LogP contribution in [-0.4, -0.2) is 18.4 Å². The molecule has 2 heterocycles. The van der Waals surface area contributed by atoms with Gasteiger partial charge in [0, 0.05) is 17.9 Å². The van der Waals surface area contributed by atoms with Crippen LogP contribution in [-0.2, 0) is 17.6 Å². The summed E-state index contributed by atoms with van der Waals surface area (Å²) in [4.78, 5) is 27.2. The maximum Gasteiger partial charge on any atom is 0.293 e. The highest BCUT2D eigenvalue weighted by Crippen LogP contribution is 2.31. The number of rotatable bonds is 4. The van der Waals surface area contributed by atoms with E-state index in [0.29, 0.717) is 18.7 Å². The van der Waals surface area contributed by atoms with E-state index < -0.39 is 0 Å². The molecule has 0 spiro atoms. The Kier molecular flexibility index (Phi) is 5.00. The van der Waals surface area contributed by atoms with Crippen molar-refractivity contribution in [1.82, 2.24) is 0 Å². The van der Waals surface area contributed by atoms with Crippen molar-refractivity contribution in [2.75, 3.05) is 16.8 Å². The van der Waals surface area contributed by atoms with Gasteiger partial charge in [0.1, 0.15) is 0 Å². The molecule has 5 heteroatoms. The number of nitrogens with zero attached hydrogens (tertiary/aromatic N) is 1. The third-order valence-electron chi connectivity index (χ3n) is 5.69. The predicted octanol–water partition coefficient (Wildman–Crippen LogP) is 5.21. The maximum absolute atomic E-state index is 12.8. The zero-order valence-electron chi connectivity index (χ0n) is 17.0. The Morgan fingerprint density at radius 3 is 2.71 bits per heavy atom. The first-order valence-corrected chi connectivity index (χ1v) is 10.4. The molecule has 0 saturated heterocycles. The Morgan fingerprint density at radius 2 is 1.84 bits per heavy atom. The molecule has 0 aliphatic carbocycles. The number of hydrogen-bond donors (Lipinski definition) is 1. The van der Waals surface area contributed by atoms with Gasteiger partial charge in [-0.15, -0.1) is 0 Å². The summed E-state index contributed by atoms with van der Waals surface area (Å²) >= 11 is 0. The first-order valence-electron chi connectivity index (χ1n) is 10.4. The Labute approximate surface area is 180 Å². The van der Waals surface area contributed by atoms with Gasteiger partial charge >= 0.3 is 0 Å². The number of benzene rings is 3. The number of hydrogen-bond acceptors (Lipinski definition) is 3. The van der Waals surface area contributed by atoms with Crippen molar-refractivity contribution in [3.63, 3.8) is 0 Å². The van der Waals surface area contributed by atoms with Crippen molar-refractivity contribution < 1.29 is 14.0 Å². The van der Waals surface area contributed by atoms with Crippen molar-refractivity contribution in [1.29, 1.82) is 0 Å². The van der Waals surface area contributed by atoms with E-state index >= 15 is 0 Å². The molecule has 1 aliphatic rings. The van der Waals surface area contributed by atoms with Crippen LogP contribution in [0.2, 0.25) is 0 Å². The molecule has 154 valence electrons. The van der Waals surface area contributed by atoms with Crippen LogP contribution in [0.25, 0.3) is 10.8 Å². The summed E-state index contributed by atoms with van der Waals surface area (Å²) in [7, 11) is 0. The molecule has 1 aromatic heterocycles. The van der Waals surface area contributed by atoms with E-state index in [9.17, 15) is 9.59 Å². The zero-order chi connectivity index (χ0) is 21.2. The third-order valence-corrected chi connectivity index (χ3v) is 5.69. The molecule has 0 fully saturated rings. The lowest BCUT2D eigenvalue weighted by molar-refractivity contribution is -0.115. The molecule has 31 heavy (non-hydrogen) atoms. The summed E-state index contributed by atoms with van der Waals surface area (Å²) in [5, 5.41) is 5.24. The molecule has 0 saturated carbocycles. The van der Waals surface area contributed by atoms with E-state index in [0.717, 1.165) is 46.1 Å². The van der Waals surface area contributed by atoms with Crippen LogP contribution in [0.1, 0.15) is 28.1 Å². The summed E-state index contributed by atoms with van der Waals surface area (Å²) < 4.78 is 5.28. The van der Waals surface area contributed by atoms with E-state index in [1.165, 1.54) is 6.26 Å². The largest absolute Gasteiger partial charge is 0.459 e. The summed E-state index contributed by atoms with van der Waals surface area (Å²) in [6.07, 6.45) is 3.55. The predicted molar refractivity (Wildman–Crippen MR) is 121 cm³/mol. The van der Waals surface area contributed by atoms with Gasteiger partial charge in [0.05, 0.1) is 12.7 Å². The molecule has 0 unspecified atom stereocenters. The molecule has 5 nitrogen and oxygen atoms in total. The molecule has 2 amide bonds. The van der Waals surface area contributed by atoms with Gasteiger partial charge in [-0.3, -0.25) is 9.59 Å². The average molecular weight is 410 g/mol. The summed E-state index contributed by atoms with van der Waals surface area (Å²) in [5.41, 5.74) is 3.67. The minimum Gasteiger partial charge on any atom is -0.459 e. The van der Waals surface area contributed by atoms with Crippen molar-refractivity contribution in [2.24, 2.45) is 0 Å². The molecule has 5 rings (SSSR count). The van der Waals surface area contributed by atoms with E-state index in [1.54, 1.807) is 17.0 Å². The van der Waals surface area contributed by atoms with Crippen LogP contribution >= 0.6 is 0 Å². The number of nitrogens with one attached hydrogen (secondary N) is 1. The number of carbonyl (C=O) groups is 2. The third kappa shape index (κ3) is 3.82. The highest BCUT2D eigenvalue weighted by molar-refractivity contribution is 6.05. The SMILES string of the molecule is O=C(Cc1cccc2ccccc12)Nc1ccc2c(c1)CCCN2C(=O)c1ccco1. The van der Waals surface area contributed by atoms with Gasteiger partial charge in [0.2, 0.25) is 5.91 Å². The fourth-order valence-electron chi connectivity index (χ4n) is 4.24. The number of aryl methyl sites for hydroxylation is 1. The number of fused-ring (bicyclic) bond motifs is 2. The highest BCUT2D eigenvalue weighted by atomic mass is 16.3. The maximum atomic E-state index is 12.8. The van der Waals surface area contributed by atoms with Crippen molar-refractivity contribution in [2.45, 2.75) is 19.3 Å². The standard InChI is InChI=1S/C26H22N2O3/c29-25(17-19-8-3-7-18-6-1-2-10-22(18)19)27-21-12-13-23-20(16-21)9-4-14-28(23)26(30)24-11-5-15-31-24/h1-3,5-8,10-13,15-16H,4,9,14,17H2,(H,27,29). The molecule has 0 atom stereocenters. The minimum atomic E-state index is -0.140. The van der Waals surface area contributed by atoms with Crippen LogP contribution < -0.4 is 10.2 Å². The van der Waals surface area contributed by atoms with Gasteiger partial charge < -0.3 is 14.6 Å². The van der Waals surface area contributed by atoms with E-state index in [2.05, 4.69) is 17.4 Å². The normalized spacial score (nSPS) is 13.1. The van der Waals surface area contributed by atoms with Gasteiger partial charge in [-0.25, -0.2) is 0 Å². The van der Waals surface area contributed by atoms with Crippen molar-refractivity contribution in [3.05, 3.63) is 95.9 Å². The topological polar surface area (TPSA) is 62.6 Å². The van der Waals surface area contributed by atoms with Crippen LogP contribution in [0.5, 0.6) is 0 Å². The number of furan rings is 1. The summed E-state index contributed by atoms with van der Waals surface area (Å²) in [5.74, 6) is 0.134. The second kappa shape index (κ2) is 8.11. The van der Waals surface area contributed by atoms with Gasteiger partial charge in [0.15, 0.2) is 5.76 Å². The monoisotopic (exact) mass is 410 g/mol. The highest BCUT2D eigenvalue weighted by Gasteiger charge is 2.25. The first-order chi connectivity index (χ1) is 15.2. The van der Waals surface area contributed by atoms with Gasteiger partial charge in [-0.05, 0) is 65.1 Å². The molecule has 1 aliphatic heterocycles. The second-order valence-electron chi connectivity index (χ2n) is 7.74. The lowest BCUT2D eigenvalue weighted by atomic mass is 10.00.